The number of nitrogens with zero attached hydrogens (tertiary/aromatic N) is 1. The summed E-state index contributed by atoms with van der Waals surface area (Å²) >= 11 is 0. The summed E-state index contributed by atoms with van der Waals surface area (Å²) in [5.41, 5.74) is 0.737. The number of benzene rings is 1. The van der Waals surface area contributed by atoms with Gasteiger partial charge in [-0.15, -0.1) is 0 Å². The number of amides is 2. The lowest BCUT2D eigenvalue weighted by Crippen LogP contribution is -2.46. The quantitative estimate of drug-likeness (QED) is 0.816. The van der Waals surface area contributed by atoms with Crippen molar-refractivity contribution in [2.75, 3.05) is 18.4 Å². The van der Waals surface area contributed by atoms with Crippen LogP contribution in [0.3, 0.4) is 0 Å². The molecule has 1 heterocycles. The third kappa shape index (κ3) is 4.34. The molecule has 128 valence electrons. The second kappa shape index (κ2) is 6.74. The number of rotatable bonds is 2. The van der Waals surface area contributed by atoms with Crippen molar-refractivity contribution in [3.8, 4) is 0 Å². The Morgan fingerprint density at radius 3 is 2.48 bits per heavy atom. The van der Waals surface area contributed by atoms with Crippen LogP contribution in [0.25, 0.3) is 0 Å². The number of carbonyl (C=O) groups excluding carboxylic acids is 1. The van der Waals surface area contributed by atoms with E-state index in [1.54, 1.807) is 13.0 Å². The zero-order valence-electron chi connectivity index (χ0n) is 12.5. The van der Waals surface area contributed by atoms with Gasteiger partial charge in [0.05, 0.1) is 0 Å². The van der Waals surface area contributed by atoms with Crippen molar-refractivity contribution in [3.63, 3.8) is 0 Å². The van der Waals surface area contributed by atoms with E-state index in [-0.39, 0.29) is 31.6 Å². The number of halogens is 4. The molecule has 1 atom stereocenters. The van der Waals surface area contributed by atoms with Crippen LogP contribution in [0.15, 0.2) is 18.2 Å². The molecule has 4 nitrogen and oxygen atoms in total. The predicted octanol–water partition coefficient (Wildman–Crippen LogP) is 3.30. The molecule has 0 aliphatic carbocycles. The third-order valence-corrected chi connectivity index (χ3v) is 4.03. The monoisotopic (exact) mass is 334 g/mol. The number of alkyl halides is 3. The number of hydrogen-bond donors (Lipinski definition) is 2. The molecule has 0 bridgehead atoms. The number of hydrogen-bond acceptors (Lipinski definition) is 2. The molecule has 1 aromatic rings. The number of aryl methyl sites for hydroxylation is 1. The molecular formula is C15H18F4N2O2. The average Bonchev–Trinajstić information content (AvgIpc) is 2.49. The van der Waals surface area contributed by atoms with Crippen molar-refractivity contribution in [2.24, 2.45) is 5.92 Å². The smallest absolute Gasteiger partial charge is 0.383 e. The lowest BCUT2D eigenvalue weighted by Gasteiger charge is -2.34. The van der Waals surface area contributed by atoms with E-state index in [0.717, 1.165) is 0 Å². The van der Waals surface area contributed by atoms with E-state index in [2.05, 4.69) is 5.32 Å². The van der Waals surface area contributed by atoms with E-state index in [1.807, 2.05) is 0 Å². The molecule has 1 aliphatic rings. The van der Waals surface area contributed by atoms with Gasteiger partial charge in [-0.2, -0.15) is 13.2 Å². The van der Waals surface area contributed by atoms with Crippen LogP contribution < -0.4 is 5.32 Å². The number of likely N-dealkylation sites (tertiary alicyclic amines) is 1. The summed E-state index contributed by atoms with van der Waals surface area (Å²) in [5, 5.41) is 11.8. The van der Waals surface area contributed by atoms with E-state index >= 15 is 0 Å². The number of piperidine rings is 1. The Morgan fingerprint density at radius 2 is 1.96 bits per heavy atom. The summed E-state index contributed by atoms with van der Waals surface area (Å²) in [7, 11) is 0. The zero-order valence-corrected chi connectivity index (χ0v) is 12.5. The lowest BCUT2D eigenvalue weighted by atomic mass is 9.91. The van der Waals surface area contributed by atoms with Crippen LogP contribution >= 0.6 is 0 Å². The number of nitrogens with one attached hydrogen (secondary N) is 1. The number of carbonyl (C=O) groups is 1. The maximum absolute atomic E-state index is 13.4. The van der Waals surface area contributed by atoms with Crippen LogP contribution in [0.2, 0.25) is 0 Å². The molecule has 1 aromatic carbocycles. The van der Waals surface area contributed by atoms with Crippen molar-refractivity contribution in [3.05, 3.63) is 29.6 Å². The minimum Gasteiger partial charge on any atom is -0.383 e. The van der Waals surface area contributed by atoms with Crippen molar-refractivity contribution in [1.29, 1.82) is 0 Å². The van der Waals surface area contributed by atoms with Crippen LogP contribution in [0.5, 0.6) is 0 Å². The van der Waals surface area contributed by atoms with Crippen molar-refractivity contribution >= 4 is 11.7 Å². The number of urea groups is 1. The maximum Gasteiger partial charge on any atom is 0.414 e. The molecular weight excluding hydrogens is 316 g/mol. The highest BCUT2D eigenvalue weighted by atomic mass is 19.4. The van der Waals surface area contributed by atoms with E-state index < -0.39 is 30.0 Å². The topological polar surface area (TPSA) is 52.6 Å². The standard InChI is InChI=1S/C15H18F4N2O2/c1-9-2-3-11(8-12(9)16)20-14(23)21-6-4-10(5-7-21)13(22)15(17,18)19/h2-3,8,10,13,22H,4-7H2,1H3,(H,20,23). The fourth-order valence-corrected chi connectivity index (χ4v) is 2.56. The lowest BCUT2D eigenvalue weighted by molar-refractivity contribution is -0.222. The molecule has 2 rings (SSSR count). The first kappa shape index (κ1) is 17.5. The molecule has 1 fully saturated rings. The SMILES string of the molecule is Cc1ccc(NC(=O)N2CCC(C(O)C(F)(F)F)CC2)cc1F. The molecule has 23 heavy (non-hydrogen) atoms. The molecule has 0 saturated carbocycles. The van der Waals surface area contributed by atoms with Gasteiger partial charge in [-0.05, 0) is 43.4 Å². The summed E-state index contributed by atoms with van der Waals surface area (Å²) in [4.78, 5) is 13.4. The Hall–Kier alpha value is -1.83. The normalized spacial score (nSPS) is 17.9. The van der Waals surface area contributed by atoms with E-state index in [1.165, 1.54) is 17.0 Å². The summed E-state index contributed by atoms with van der Waals surface area (Å²) in [6, 6.07) is 3.77. The zero-order chi connectivity index (χ0) is 17.2. The fourth-order valence-electron chi connectivity index (χ4n) is 2.56. The minimum atomic E-state index is -4.64. The van der Waals surface area contributed by atoms with Crippen LogP contribution in [0.4, 0.5) is 28.0 Å². The number of aliphatic hydroxyl groups is 1. The molecule has 8 heteroatoms. The first-order chi connectivity index (χ1) is 10.7. The molecule has 0 radical (unpaired) electrons. The highest BCUT2D eigenvalue weighted by molar-refractivity contribution is 5.89. The van der Waals surface area contributed by atoms with Gasteiger partial charge < -0.3 is 15.3 Å². The van der Waals surface area contributed by atoms with E-state index in [4.69, 9.17) is 0 Å². The van der Waals surface area contributed by atoms with E-state index in [0.29, 0.717) is 5.56 Å². The molecule has 1 unspecified atom stereocenters. The first-order valence-corrected chi connectivity index (χ1v) is 7.25. The minimum absolute atomic E-state index is 0.0658. The van der Waals surface area contributed by atoms with Crippen LogP contribution in [0, 0.1) is 18.7 Å². The third-order valence-electron chi connectivity index (χ3n) is 4.03. The highest BCUT2D eigenvalue weighted by Crippen LogP contribution is 2.31. The number of aliphatic hydroxyl groups excluding tert-OH is 1. The molecule has 2 amide bonds. The van der Waals surface area contributed by atoms with Gasteiger partial charge in [0.1, 0.15) is 5.82 Å². The van der Waals surface area contributed by atoms with Crippen LogP contribution in [0.1, 0.15) is 18.4 Å². The molecule has 0 spiro atoms. The summed E-state index contributed by atoms with van der Waals surface area (Å²) in [5.74, 6) is -1.36. The Labute approximate surface area is 131 Å². The van der Waals surface area contributed by atoms with Gasteiger partial charge in [0.25, 0.3) is 0 Å². The molecule has 2 N–H and O–H groups in total. The Morgan fingerprint density at radius 1 is 1.35 bits per heavy atom. The highest BCUT2D eigenvalue weighted by Gasteiger charge is 2.44. The Balaban J connectivity index is 1.89. The second-order valence-corrected chi connectivity index (χ2v) is 5.71. The van der Waals surface area contributed by atoms with Gasteiger partial charge in [0.15, 0.2) is 6.10 Å². The Kier molecular flexibility index (Phi) is 5.13. The Bertz CT molecular complexity index is 569. The largest absolute Gasteiger partial charge is 0.414 e. The van der Waals surface area contributed by atoms with Gasteiger partial charge in [-0.25, -0.2) is 9.18 Å². The molecule has 0 aromatic heterocycles. The average molecular weight is 334 g/mol. The van der Waals surface area contributed by atoms with Gasteiger partial charge in [-0.3, -0.25) is 0 Å². The predicted molar refractivity (Wildman–Crippen MR) is 76.5 cm³/mol. The maximum atomic E-state index is 13.4. The van der Waals surface area contributed by atoms with Crippen molar-refractivity contribution in [1.82, 2.24) is 4.90 Å². The van der Waals surface area contributed by atoms with Crippen LogP contribution in [-0.2, 0) is 0 Å². The first-order valence-electron chi connectivity index (χ1n) is 7.25. The van der Waals surface area contributed by atoms with Gasteiger partial charge in [-0.1, -0.05) is 6.07 Å². The van der Waals surface area contributed by atoms with Crippen LogP contribution in [-0.4, -0.2) is 41.4 Å². The summed E-state index contributed by atoms with van der Waals surface area (Å²) in [6.45, 7) is 1.81. The molecule has 1 saturated heterocycles. The fraction of sp³-hybridized carbons (Fsp3) is 0.533. The summed E-state index contributed by atoms with van der Waals surface area (Å²) < 4.78 is 50.8. The molecule has 1 aliphatic heterocycles. The second-order valence-electron chi connectivity index (χ2n) is 5.71. The van der Waals surface area contributed by atoms with Gasteiger partial charge >= 0.3 is 12.2 Å². The van der Waals surface area contributed by atoms with E-state index in [9.17, 15) is 27.5 Å². The van der Waals surface area contributed by atoms with Crippen molar-refractivity contribution in [2.45, 2.75) is 32.0 Å². The summed E-state index contributed by atoms with van der Waals surface area (Å²) in [6.07, 6.45) is -6.87. The number of anilines is 1. The van der Waals surface area contributed by atoms with Gasteiger partial charge in [0, 0.05) is 18.8 Å². The van der Waals surface area contributed by atoms with Crippen molar-refractivity contribution < 1.29 is 27.5 Å². The van der Waals surface area contributed by atoms with Gasteiger partial charge in [0.2, 0.25) is 0 Å².